The molecule has 0 bridgehead atoms. The second-order valence-corrected chi connectivity index (χ2v) is 4.75. The van der Waals surface area contributed by atoms with Crippen molar-refractivity contribution in [1.82, 2.24) is 19.8 Å². The maximum Gasteiger partial charge on any atom is 0.237 e. The summed E-state index contributed by atoms with van der Waals surface area (Å²) in [7, 11) is 0. The number of rotatable bonds is 3. The minimum atomic E-state index is 0.496. The van der Waals surface area contributed by atoms with E-state index in [1.165, 1.54) is 0 Å². The molecule has 22 heavy (non-hydrogen) atoms. The SMILES string of the molecule is c1ccc(Oc2ccc3nnc(-c4ccccc4)n3n2)cc1. The van der Waals surface area contributed by atoms with Gasteiger partial charge in [-0.1, -0.05) is 48.5 Å². The smallest absolute Gasteiger partial charge is 0.237 e. The van der Waals surface area contributed by atoms with E-state index in [2.05, 4.69) is 15.3 Å². The Bertz CT molecular complexity index is 904. The van der Waals surface area contributed by atoms with E-state index in [0.717, 1.165) is 11.3 Å². The average Bonchev–Trinajstić information content (AvgIpc) is 3.00. The predicted octanol–water partition coefficient (Wildman–Crippen LogP) is 3.58. The molecular formula is C17H12N4O. The molecule has 4 rings (SSSR count). The molecule has 0 saturated carbocycles. The Morgan fingerprint density at radius 2 is 1.45 bits per heavy atom. The standard InChI is InChI=1S/C17H12N4O/c1-3-7-13(8-4-1)17-19-18-15-11-12-16(20-21(15)17)22-14-9-5-2-6-10-14/h1-12H. The highest BCUT2D eigenvalue weighted by Gasteiger charge is 2.10. The average molecular weight is 288 g/mol. The van der Waals surface area contributed by atoms with Gasteiger partial charge in [0.25, 0.3) is 0 Å². The Hall–Kier alpha value is -3.21. The zero-order valence-electron chi connectivity index (χ0n) is 11.6. The Kier molecular flexibility index (Phi) is 3.01. The van der Waals surface area contributed by atoms with Crippen LogP contribution in [0.1, 0.15) is 0 Å². The summed E-state index contributed by atoms with van der Waals surface area (Å²) < 4.78 is 7.45. The Morgan fingerprint density at radius 3 is 2.23 bits per heavy atom. The van der Waals surface area contributed by atoms with Gasteiger partial charge in [-0.15, -0.1) is 15.3 Å². The minimum absolute atomic E-state index is 0.496. The number of hydrogen-bond acceptors (Lipinski definition) is 4. The number of fused-ring (bicyclic) bond motifs is 1. The van der Waals surface area contributed by atoms with Gasteiger partial charge in [-0.3, -0.25) is 0 Å². The van der Waals surface area contributed by atoms with Gasteiger partial charge >= 0.3 is 0 Å². The van der Waals surface area contributed by atoms with Crippen LogP contribution in [0.3, 0.4) is 0 Å². The van der Waals surface area contributed by atoms with E-state index in [-0.39, 0.29) is 0 Å². The molecule has 4 aromatic rings. The summed E-state index contributed by atoms with van der Waals surface area (Å²) in [5, 5.41) is 12.8. The van der Waals surface area contributed by atoms with E-state index in [1.54, 1.807) is 10.6 Å². The summed E-state index contributed by atoms with van der Waals surface area (Å²) in [6, 6.07) is 23.0. The van der Waals surface area contributed by atoms with Crippen molar-refractivity contribution >= 4 is 5.65 Å². The van der Waals surface area contributed by atoms with Crippen LogP contribution < -0.4 is 4.74 Å². The van der Waals surface area contributed by atoms with E-state index >= 15 is 0 Å². The van der Waals surface area contributed by atoms with E-state index in [4.69, 9.17) is 4.74 Å². The van der Waals surface area contributed by atoms with Crippen molar-refractivity contribution in [2.45, 2.75) is 0 Å². The van der Waals surface area contributed by atoms with Gasteiger partial charge in [0.05, 0.1) is 0 Å². The molecule has 2 heterocycles. The highest BCUT2D eigenvalue weighted by Crippen LogP contribution is 2.21. The predicted molar refractivity (Wildman–Crippen MR) is 82.7 cm³/mol. The first-order valence-electron chi connectivity index (χ1n) is 6.91. The van der Waals surface area contributed by atoms with Crippen molar-refractivity contribution in [2.24, 2.45) is 0 Å². The first-order chi connectivity index (χ1) is 10.9. The summed E-state index contributed by atoms with van der Waals surface area (Å²) in [6.45, 7) is 0. The number of hydrogen-bond donors (Lipinski definition) is 0. The first-order valence-corrected chi connectivity index (χ1v) is 6.91. The molecule has 0 atom stereocenters. The van der Waals surface area contributed by atoms with Gasteiger partial charge in [0.15, 0.2) is 11.5 Å². The third-order valence-corrected chi connectivity index (χ3v) is 3.24. The highest BCUT2D eigenvalue weighted by molar-refractivity contribution is 5.58. The topological polar surface area (TPSA) is 52.3 Å². The molecule has 0 aliphatic carbocycles. The van der Waals surface area contributed by atoms with Crippen LogP contribution in [-0.4, -0.2) is 19.8 Å². The number of benzene rings is 2. The zero-order valence-corrected chi connectivity index (χ0v) is 11.6. The molecule has 0 fully saturated rings. The summed E-state index contributed by atoms with van der Waals surface area (Å²) >= 11 is 0. The lowest BCUT2D eigenvalue weighted by atomic mass is 10.2. The van der Waals surface area contributed by atoms with Crippen LogP contribution in [0.25, 0.3) is 17.0 Å². The lowest BCUT2D eigenvalue weighted by Gasteiger charge is -2.05. The van der Waals surface area contributed by atoms with Gasteiger partial charge in [-0.05, 0) is 18.2 Å². The zero-order chi connectivity index (χ0) is 14.8. The number of nitrogens with zero attached hydrogens (tertiary/aromatic N) is 4. The largest absolute Gasteiger partial charge is 0.438 e. The van der Waals surface area contributed by atoms with E-state index in [1.807, 2.05) is 66.7 Å². The minimum Gasteiger partial charge on any atom is -0.438 e. The normalized spacial score (nSPS) is 10.7. The molecule has 0 saturated heterocycles. The quantitative estimate of drug-likeness (QED) is 0.578. The van der Waals surface area contributed by atoms with Gasteiger partial charge in [0.2, 0.25) is 5.88 Å². The van der Waals surface area contributed by atoms with Crippen molar-refractivity contribution in [3.63, 3.8) is 0 Å². The molecule has 2 aromatic carbocycles. The molecule has 0 amide bonds. The monoisotopic (exact) mass is 288 g/mol. The van der Waals surface area contributed by atoms with Crippen molar-refractivity contribution < 1.29 is 4.74 Å². The molecule has 0 N–H and O–H groups in total. The van der Waals surface area contributed by atoms with Gasteiger partial charge in [-0.2, -0.15) is 4.52 Å². The number of ether oxygens (including phenoxy) is 1. The number of aromatic nitrogens is 4. The Morgan fingerprint density at radius 1 is 0.727 bits per heavy atom. The molecule has 5 nitrogen and oxygen atoms in total. The summed E-state index contributed by atoms with van der Waals surface area (Å²) in [5.41, 5.74) is 1.64. The van der Waals surface area contributed by atoms with E-state index in [0.29, 0.717) is 17.4 Å². The Labute approximate surface area is 126 Å². The molecule has 0 aliphatic rings. The lowest BCUT2D eigenvalue weighted by molar-refractivity contribution is 0.453. The maximum absolute atomic E-state index is 5.76. The number of para-hydroxylation sites is 1. The van der Waals surface area contributed by atoms with Crippen LogP contribution in [0.2, 0.25) is 0 Å². The fraction of sp³-hybridized carbons (Fsp3) is 0. The van der Waals surface area contributed by atoms with Gasteiger partial charge in [-0.25, -0.2) is 0 Å². The third-order valence-electron chi connectivity index (χ3n) is 3.24. The second-order valence-electron chi connectivity index (χ2n) is 4.75. The van der Waals surface area contributed by atoms with Crippen LogP contribution in [0.15, 0.2) is 72.8 Å². The van der Waals surface area contributed by atoms with Gasteiger partial charge < -0.3 is 4.74 Å². The summed E-state index contributed by atoms with van der Waals surface area (Å²) in [4.78, 5) is 0. The van der Waals surface area contributed by atoms with Crippen molar-refractivity contribution in [2.75, 3.05) is 0 Å². The van der Waals surface area contributed by atoms with Gasteiger partial charge in [0, 0.05) is 11.6 Å². The Balaban J connectivity index is 1.77. The van der Waals surface area contributed by atoms with E-state index in [9.17, 15) is 0 Å². The molecular weight excluding hydrogens is 276 g/mol. The van der Waals surface area contributed by atoms with E-state index < -0.39 is 0 Å². The fourth-order valence-electron chi connectivity index (χ4n) is 2.20. The van der Waals surface area contributed by atoms with Crippen LogP contribution in [0.5, 0.6) is 11.6 Å². The molecule has 5 heteroatoms. The van der Waals surface area contributed by atoms with Crippen molar-refractivity contribution in [3.05, 3.63) is 72.8 Å². The maximum atomic E-state index is 5.76. The molecule has 0 radical (unpaired) electrons. The van der Waals surface area contributed by atoms with Crippen LogP contribution >= 0.6 is 0 Å². The molecule has 0 spiro atoms. The van der Waals surface area contributed by atoms with Gasteiger partial charge in [0.1, 0.15) is 5.75 Å². The lowest BCUT2D eigenvalue weighted by Crippen LogP contribution is -1.97. The highest BCUT2D eigenvalue weighted by atomic mass is 16.5. The first kappa shape index (κ1) is 12.5. The van der Waals surface area contributed by atoms with Crippen LogP contribution in [0.4, 0.5) is 0 Å². The molecule has 106 valence electrons. The van der Waals surface area contributed by atoms with Crippen LogP contribution in [-0.2, 0) is 0 Å². The molecule has 0 aliphatic heterocycles. The van der Waals surface area contributed by atoms with Crippen LogP contribution in [0, 0.1) is 0 Å². The second kappa shape index (κ2) is 5.29. The van der Waals surface area contributed by atoms with Crippen molar-refractivity contribution in [1.29, 1.82) is 0 Å². The molecule has 2 aromatic heterocycles. The van der Waals surface area contributed by atoms with Crippen molar-refractivity contribution in [3.8, 4) is 23.0 Å². The summed E-state index contributed by atoms with van der Waals surface area (Å²) in [6.07, 6.45) is 0. The summed E-state index contributed by atoms with van der Waals surface area (Å²) in [5.74, 6) is 1.92. The molecule has 0 unspecified atom stereocenters. The third kappa shape index (κ3) is 2.29. The fourth-order valence-corrected chi connectivity index (χ4v) is 2.20.